The van der Waals surface area contributed by atoms with Gasteiger partial charge in [0.25, 0.3) is 0 Å². The predicted octanol–water partition coefficient (Wildman–Crippen LogP) is 0.815. The minimum atomic E-state index is -1.34. The molecule has 82 valence electrons. The molecule has 1 atom stereocenters. The first-order valence-corrected chi connectivity index (χ1v) is 4.59. The van der Waals surface area contributed by atoms with Crippen LogP contribution in [-0.2, 0) is 11.4 Å². The Hall–Kier alpha value is -1.39. The summed E-state index contributed by atoms with van der Waals surface area (Å²) in [6.45, 7) is 2.67. The molecule has 1 rings (SSSR count). The number of rotatable bonds is 3. The number of aryl methyl sites for hydroxylation is 1. The van der Waals surface area contributed by atoms with Gasteiger partial charge in [-0.15, -0.1) is 0 Å². The van der Waals surface area contributed by atoms with Crippen molar-refractivity contribution in [3.8, 4) is 5.75 Å². The van der Waals surface area contributed by atoms with E-state index in [0.29, 0.717) is 5.56 Å². The van der Waals surface area contributed by atoms with Crippen molar-refractivity contribution in [3.05, 3.63) is 28.8 Å². The Morgan fingerprint density at radius 1 is 1.47 bits per heavy atom. The van der Waals surface area contributed by atoms with Crippen molar-refractivity contribution < 1.29 is 20.1 Å². The lowest BCUT2D eigenvalue weighted by Gasteiger charge is -2.13. The summed E-state index contributed by atoms with van der Waals surface area (Å²) in [6, 6.07) is 3.13. The number of hydrogen-bond acceptors (Lipinski definition) is 4. The van der Waals surface area contributed by atoms with Crippen LogP contribution in [0, 0.1) is 6.92 Å². The Balaban J connectivity index is 3.28. The minimum Gasteiger partial charge on any atom is -0.507 e. The van der Waals surface area contributed by atoms with Crippen molar-refractivity contribution >= 4 is 5.78 Å². The molecule has 4 heteroatoms. The van der Waals surface area contributed by atoms with Gasteiger partial charge in [0, 0.05) is 11.1 Å². The van der Waals surface area contributed by atoms with Crippen molar-refractivity contribution in [2.75, 3.05) is 0 Å². The molecule has 1 aromatic carbocycles. The van der Waals surface area contributed by atoms with Gasteiger partial charge in [-0.25, -0.2) is 0 Å². The highest BCUT2D eigenvalue weighted by molar-refractivity contribution is 5.82. The number of carbonyl (C=O) groups is 1. The fourth-order valence-electron chi connectivity index (χ4n) is 1.43. The van der Waals surface area contributed by atoms with Gasteiger partial charge in [-0.1, -0.05) is 11.6 Å². The second-order valence-electron chi connectivity index (χ2n) is 3.53. The molecule has 0 saturated carbocycles. The van der Waals surface area contributed by atoms with Crippen molar-refractivity contribution in [2.45, 2.75) is 26.6 Å². The number of carbonyl (C=O) groups excluding carboxylic acids is 1. The van der Waals surface area contributed by atoms with Gasteiger partial charge in [0.2, 0.25) is 0 Å². The summed E-state index contributed by atoms with van der Waals surface area (Å²) in [5, 5.41) is 28.2. The number of aromatic hydroxyl groups is 1. The van der Waals surface area contributed by atoms with E-state index in [2.05, 4.69) is 0 Å². The maximum atomic E-state index is 11.0. The molecule has 4 nitrogen and oxygen atoms in total. The van der Waals surface area contributed by atoms with E-state index in [0.717, 1.165) is 5.56 Å². The lowest BCUT2D eigenvalue weighted by molar-refractivity contribution is -0.125. The average molecular weight is 210 g/mol. The predicted molar refractivity (Wildman–Crippen MR) is 54.4 cm³/mol. The topological polar surface area (TPSA) is 77.8 Å². The number of hydrogen-bond donors (Lipinski definition) is 3. The van der Waals surface area contributed by atoms with Gasteiger partial charge in [0.05, 0.1) is 6.61 Å². The smallest absolute Gasteiger partial charge is 0.162 e. The minimum absolute atomic E-state index is 0.145. The summed E-state index contributed by atoms with van der Waals surface area (Å²) in [7, 11) is 0. The van der Waals surface area contributed by atoms with Crippen LogP contribution in [0.4, 0.5) is 0 Å². The van der Waals surface area contributed by atoms with Gasteiger partial charge < -0.3 is 15.3 Å². The molecule has 0 aliphatic carbocycles. The maximum Gasteiger partial charge on any atom is 0.162 e. The van der Waals surface area contributed by atoms with Crippen molar-refractivity contribution in [1.29, 1.82) is 0 Å². The van der Waals surface area contributed by atoms with Gasteiger partial charge in [-0.3, -0.25) is 4.79 Å². The lowest BCUT2D eigenvalue weighted by atomic mass is 9.99. The SMILES string of the molecule is CC(=O)C(O)c1cc(C)cc(CO)c1O. The molecule has 15 heavy (non-hydrogen) atoms. The molecule has 0 spiro atoms. The monoisotopic (exact) mass is 210 g/mol. The molecule has 0 fully saturated rings. The lowest BCUT2D eigenvalue weighted by Crippen LogP contribution is -2.09. The number of aliphatic hydroxyl groups excluding tert-OH is 2. The molecule has 0 aromatic heterocycles. The summed E-state index contributed by atoms with van der Waals surface area (Å²) >= 11 is 0. The zero-order valence-corrected chi connectivity index (χ0v) is 8.69. The van der Waals surface area contributed by atoms with Crippen molar-refractivity contribution in [1.82, 2.24) is 0 Å². The summed E-state index contributed by atoms with van der Waals surface area (Å²) in [6.07, 6.45) is -1.34. The van der Waals surface area contributed by atoms with E-state index in [1.54, 1.807) is 13.0 Å². The van der Waals surface area contributed by atoms with Gasteiger partial charge >= 0.3 is 0 Å². The van der Waals surface area contributed by atoms with Gasteiger partial charge in [0.15, 0.2) is 5.78 Å². The van der Waals surface area contributed by atoms with Crippen LogP contribution in [0.3, 0.4) is 0 Å². The Labute approximate surface area is 87.8 Å². The van der Waals surface area contributed by atoms with Crippen molar-refractivity contribution in [2.24, 2.45) is 0 Å². The fraction of sp³-hybridized carbons (Fsp3) is 0.364. The molecule has 1 unspecified atom stereocenters. The third kappa shape index (κ3) is 2.34. The Bertz CT molecular complexity index is 384. The molecule has 0 bridgehead atoms. The first-order valence-electron chi connectivity index (χ1n) is 4.59. The molecule has 0 amide bonds. The summed E-state index contributed by atoms with van der Waals surface area (Å²) in [4.78, 5) is 11.0. The maximum absolute atomic E-state index is 11.0. The van der Waals surface area contributed by atoms with E-state index in [9.17, 15) is 15.0 Å². The van der Waals surface area contributed by atoms with Crippen LogP contribution in [0.2, 0.25) is 0 Å². The molecule has 0 heterocycles. The van der Waals surface area contributed by atoms with Crippen LogP contribution in [-0.4, -0.2) is 21.1 Å². The van der Waals surface area contributed by atoms with Crippen LogP contribution < -0.4 is 0 Å². The van der Waals surface area contributed by atoms with Gasteiger partial charge in [-0.05, 0) is 19.9 Å². The van der Waals surface area contributed by atoms with E-state index in [1.807, 2.05) is 0 Å². The van der Waals surface area contributed by atoms with Gasteiger partial charge in [0.1, 0.15) is 11.9 Å². The molecule has 0 radical (unpaired) electrons. The van der Waals surface area contributed by atoms with E-state index < -0.39 is 11.9 Å². The number of aliphatic hydroxyl groups is 2. The molecule has 0 aliphatic rings. The zero-order chi connectivity index (χ0) is 11.6. The fourth-order valence-corrected chi connectivity index (χ4v) is 1.43. The molecular formula is C11H14O4. The first-order chi connectivity index (χ1) is 6.97. The quantitative estimate of drug-likeness (QED) is 0.690. The molecule has 0 saturated heterocycles. The van der Waals surface area contributed by atoms with E-state index in [4.69, 9.17) is 5.11 Å². The highest BCUT2D eigenvalue weighted by atomic mass is 16.3. The average Bonchev–Trinajstić information content (AvgIpc) is 2.19. The second-order valence-corrected chi connectivity index (χ2v) is 3.53. The summed E-state index contributed by atoms with van der Waals surface area (Å²) in [5.74, 6) is -0.661. The van der Waals surface area contributed by atoms with E-state index >= 15 is 0 Å². The van der Waals surface area contributed by atoms with Crippen LogP contribution in [0.25, 0.3) is 0 Å². The van der Waals surface area contributed by atoms with Crippen LogP contribution in [0.5, 0.6) is 5.75 Å². The van der Waals surface area contributed by atoms with Crippen LogP contribution in [0.1, 0.15) is 29.7 Å². The number of benzene rings is 1. The number of Topliss-reactive ketones (excluding diaryl/α,β-unsaturated/α-hetero) is 1. The summed E-state index contributed by atoms with van der Waals surface area (Å²) < 4.78 is 0. The van der Waals surface area contributed by atoms with Crippen LogP contribution >= 0.6 is 0 Å². The highest BCUT2D eigenvalue weighted by Gasteiger charge is 2.19. The van der Waals surface area contributed by atoms with Gasteiger partial charge in [-0.2, -0.15) is 0 Å². The Morgan fingerprint density at radius 2 is 2.07 bits per heavy atom. The third-order valence-electron chi connectivity index (χ3n) is 2.21. The largest absolute Gasteiger partial charge is 0.507 e. The molecule has 0 aliphatic heterocycles. The first kappa shape index (κ1) is 11.7. The van der Waals surface area contributed by atoms with Crippen LogP contribution in [0.15, 0.2) is 12.1 Å². The summed E-state index contributed by atoms with van der Waals surface area (Å²) in [5.41, 5.74) is 1.23. The molecule has 1 aromatic rings. The van der Waals surface area contributed by atoms with E-state index in [-0.39, 0.29) is 17.9 Å². The van der Waals surface area contributed by atoms with Crippen molar-refractivity contribution in [3.63, 3.8) is 0 Å². The normalized spacial score (nSPS) is 12.5. The Kier molecular flexibility index (Phi) is 3.44. The van der Waals surface area contributed by atoms with E-state index in [1.165, 1.54) is 13.0 Å². The highest BCUT2D eigenvalue weighted by Crippen LogP contribution is 2.30. The molecule has 3 N–H and O–H groups in total. The third-order valence-corrected chi connectivity index (χ3v) is 2.21. The Morgan fingerprint density at radius 3 is 2.53 bits per heavy atom. The standard InChI is InChI=1S/C11H14O4/c1-6-3-8(5-12)11(15)9(4-6)10(14)7(2)13/h3-4,10,12,14-15H,5H2,1-2H3. The second kappa shape index (κ2) is 4.42. The number of phenols is 1. The number of ketones is 1. The zero-order valence-electron chi connectivity index (χ0n) is 8.69. The molecular weight excluding hydrogens is 196 g/mol.